The first-order valence-corrected chi connectivity index (χ1v) is 5.85. The van der Waals surface area contributed by atoms with Gasteiger partial charge in [-0.15, -0.1) is 0 Å². The molecule has 0 radical (unpaired) electrons. The number of piperidine rings is 1. The molecule has 0 spiro atoms. The fourth-order valence-electron chi connectivity index (χ4n) is 1.96. The predicted molar refractivity (Wildman–Crippen MR) is 63.3 cm³/mol. The van der Waals surface area contributed by atoms with Crippen molar-refractivity contribution in [3.05, 3.63) is 0 Å². The van der Waals surface area contributed by atoms with Crippen LogP contribution in [0.5, 0.6) is 0 Å². The predicted octanol–water partition coefficient (Wildman–Crippen LogP) is -0.913. The molecule has 1 aliphatic rings. The van der Waals surface area contributed by atoms with Gasteiger partial charge < -0.3 is 20.7 Å². The molecule has 6 heteroatoms. The Morgan fingerprint density at radius 2 is 2.06 bits per heavy atom. The Balaban J connectivity index is 2.47. The van der Waals surface area contributed by atoms with Crippen LogP contribution < -0.4 is 11.1 Å². The first-order chi connectivity index (χ1) is 8.02. The van der Waals surface area contributed by atoms with E-state index in [9.17, 15) is 9.59 Å². The first kappa shape index (κ1) is 13.9. The number of hydrogen-bond acceptors (Lipinski definition) is 5. The first-order valence-electron chi connectivity index (χ1n) is 5.85. The Morgan fingerprint density at radius 1 is 1.47 bits per heavy atom. The Bertz CT molecular complexity index is 275. The van der Waals surface area contributed by atoms with Crippen LogP contribution in [-0.4, -0.2) is 55.6 Å². The second-order valence-corrected chi connectivity index (χ2v) is 4.41. The van der Waals surface area contributed by atoms with Gasteiger partial charge >= 0.3 is 5.97 Å². The average molecular weight is 243 g/mol. The van der Waals surface area contributed by atoms with Crippen molar-refractivity contribution in [2.75, 3.05) is 26.7 Å². The fraction of sp³-hybridized carbons (Fsp3) is 0.818. The third kappa shape index (κ3) is 4.70. The quantitative estimate of drug-likeness (QED) is 0.624. The van der Waals surface area contributed by atoms with Crippen LogP contribution in [0.2, 0.25) is 0 Å². The smallest absolute Gasteiger partial charge is 0.329 e. The van der Waals surface area contributed by atoms with Gasteiger partial charge in [0.2, 0.25) is 5.91 Å². The van der Waals surface area contributed by atoms with Gasteiger partial charge in [-0.05, 0) is 25.9 Å². The van der Waals surface area contributed by atoms with E-state index in [0.29, 0.717) is 6.54 Å². The van der Waals surface area contributed by atoms with Crippen LogP contribution in [0.3, 0.4) is 0 Å². The minimum atomic E-state index is -0.591. The van der Waals surface area contributed by atoms with Gasteiger partial charge in [-0.3, -0.25) is 4.79 Å². The molecule has 0 saturated carbocycles. The van der Waals surface area contributed by atoms with Gasteiger partial charge in [0.15, 0.2) is 0 Å². The largest absolute Gasteiger partial charge is 0.467 e. The number of ether oxygens (including phenoxy) is 1. The lowest BCUT2D eigenvalue weighted by Gasteiger charge is -2.32. The highest BCUT2D eigenvalue weighted by molar-refractivity contribution is 5.83. The highest BCUT2D eigenvalue weighted by Gasteiger charge is 2.25. The van der Waals surface area contributed by atoms with Gasteiger partial charge in [-0.1, -0.05) is 0 Å². The standard InChI is InChI=1S/C11H21N3O3/c1-8(15)13-10(11(16)17-2)7-14-5-3-9(12)4-6-14/h9-10H,3-7,12H2,1-2H3,(H,13,15). The van der Waals surface area contributed by atoms with Crippen molar-refractivity contribution in [3.63, 3.8) is 0 Å². The third-order valence-electron chi connectivity index (χ3n) is 2.94. The highest BCUT2D eigenvalue weighted by Crippen LogP contribution is 2.08. The minimum absolute atomic E-state index is 0.228. The van der Waals surface area contributed by atoms with E-state index in [4.69, 9.17) is 5.73 Å². The number of amides is 1. The third-order valence-corrected chi connectivity index (χ3v) is 2.94. The summed E-state index contributed by atoms with van der Waals surface area (Å²) in [7, 11) is 1.32. The maximum atomic E-state index is 11.5. The van der Waals surface area contributed by atoms with E-state index in [1.54, 1.807) is 0 Å². The molecule has 6 nitrogen and oxygen atoms in total. The average Bonchev–Trinajstić information content (AvgIpc) is 2.29. The number of esters is 1. The maximum absolute atomic E-state index is 11.5. The van der Waals surface area contributed by atoms with Crippen LogP contribution in [0.25, 0.3) is 0 Å². The summed E-state index contributed by atoms with van der Waals surface area (Å²) in [6, 6.07) is -0.338. The summed E-state index contributed by atoms with van der Waals surface area (Å²) in [5.74, 6) is -0.635. The SMILES string of the molecule is COC(=O)C(CN1CCC(N)CC1)NC(C)=O. The van der Waals surface area contributed by atoms with E-state index < -0.39 is 12.0 Å². The molecule has 1 saturated heterocycles. The van der Waals surface area contributed by atoms with E-state index in [2.05, 4.69) is 15.0 Å². The summed E-state index contributed by atoms with van der Waals surface area (Å²) >= 11 is 0. The second-order valence-electron chi connectivity index (χ2n) is 4.41. The summed E-state index contributed by atoms with van der Waals surface area (Å²) in [5.41, 5.74) is 5.81. The van der Waals surface area contributed by atoms with E-state index in [1.165, 1.54) is 14.0 Å². The molecule has 1 rings (SSSR count). The number of carbonyl (C=O) groups is 2. The lowest BCUT2D eigenvalue weighted by molar-refractivity contribution is -0.145. The number of nitrogens with two attached hydrogens (primary N) is 1. The number of likely N-dealkylation sites (tertiary alicyclic amines) is 1. The molecule has 3 N–H and O–H groups in total. The van der Waals surface area contributed by atoms with Crippen molar-refractivity contribution in [2.45, 2.75) is 31.8 Å². The molecule has 1 aliphatic heterocycles. The Labute approximate surface area is 101 Å². The van der Waals surface area contributed by atoms with Gasteiger partial charge in [-0.2, -0.15) is 0 Å². The molecule has 1 fully saturated rings. The van der Waals surface area contributed by atoms with Gasteiger partial charge in [0.1, 0.15) is 6.04 Å². The molecular formula is C11H21N3O3. The molecule has 0 aromatic carbocycles. The molecule has 0 bridgehead atoms. The zero-order chi connectivity index (χ0) is 12.8. The second kappa shape index (κ2) is 6.56. The Morgan fingerprint density at radius 3 is 2.53 bits per heavy atom. The summed E-state index contributed by atoms with van der Waals surface area (Å²) in [4.78, 5) is 24.6. The van der Waals surface area contributed by atoms with Crippen LogP contribution >= 0.6 is 0 Å². The number of rotatable bonds is 4. The monoisotopic (exact) mass is 243 g/mol. The fourth-order valence-corrected chi connectivity index (χ4v) is 1.96. The topological polar surface area (TPSA) is 84.7 Å². The summed E-state index contributed by atoms with van der Waals surface area (Å²) in [6.45, 7) is 3.59. The zero-order valence-electron chi connectivity index (χ0n) is 10.4. The van der Waals surface area contributed by atoms with Crippen LogP contribution in [-0.2, 0) is 14.3 Å². The van der Waals surface area contributed by atoms with Gasteiger partial charge in [0.05, 0.1) is 7.11 Å². The molecule has 17 heavy (non-hydrogen) atoms. The highest BCUT2D eigenvalue weighted by atomic mass is 16.5. The molecule has 1 amide bonds. The van der Waals surface area contributed by atoms with Gasteiger partial charge in [0.25, 0.3) is 0 Å². The molecule has 0 aromatic rings. The van der Waals surface area contributed by atoms with Crippen LogP contribution in [0.1, 0.15) is 19.8 Å². The summed E-state index contributed by atoms with van der Waals surface area (Å²) in [6.07, 6.45) is 1.85. The van der Waals surface area contributed by atoms with Gasteiger partial charge in [-0.25, -0.2) is 4.79 Å². The van der Waals surface area contributed by atoms with Crippen molar-refractivity contribution < 1.29 is 14.3 Å². The van der Waals surface area contributed by atoms with Crippen molar-refractivity contribution in [1.29, 1.82) is 0 Å². The molecule has 1 heterocycles. The van der Waals surface area contributed by atoms with E-state index in [1.807, 2.05) is 0 Å². The van der Waals surface area contributed by atoms with E-state index in [0.717, 1.165) is 25.9 Å². The summed E-state index contributed by atoms with van der Waals surface area (Å²) < 4.78 is 4.67. The maximum Gasteiger partial charge on any atom is 0.329 e. The molecule has 98 valence electrons. The normalized spacial score (nSPS) is 19.7. The number of nitrogens with zero attached hydrogens (tertiary/aromatic N) is 1. The number of carbonyl (C=O) groups excluding carboxylic acids is 2. The van der Waals surface area contributed by atoms with Crippen molar-refractivity contribution in [3.8, 4) is 0 Å². The van der Waals surface area contributed by atoms with Crippen LogP contribution in [0, 0.1) is 0 Å². The van der Waals surface area contributed by atoms with Crippen LogP contribution in [0.4, 0.5) is 0 Å². The minimum Gasteiger partial charge on any atom is -0.467 e. The molecule has 1 unspecified atom stereocenters. The number of nitrogens with one attached hydrogen (secondary N) is 1. The summed E-state index contributed by atoms with van der Waals surface area (Å²) in [5, 5.41) is 2.60. The van der Waals surface area contributed by atoms with E-state index >= 15 is 0 Å². The Hall–Kier alpha value is -1.14. The molecule has 1 atom stereocenters. The van der Waals surface area contributed by atoms with E-state index in [-0.39, 0.29) is 11.9 Å². The molecular weight excluding hydrogens is 222 g/mol. The number of hydrogen-bond donors (Lipinski definition) is 2. The van der Waals surface area contributed by atoms with Crippen molar-refractivity contribution in [1.82, 2.24) is 10.2 Å². The number of methoxy groups -OCH3 is 1. The van der Waals surface area contributed by atoms with Crippen molar-refractivity contribution >= 4 is 11.9 Å². The lowest BCUT2D eigenvalue weighted by Crippen LogP contribution is -2.51. The molecule has 0 aliphatic carbocycles. The zero-order valence-corrected chi connectivity index (χ0v) is 10.4. The van der Waals surface area contributed by atoms with Crippen molar-refractivity contribution in [2.24, 2.45) is 5.73 Å². The van der Waals surface area contributed by atoms with Crippen LogP contribution in [0.15, 0.2) is 0 Å². The molecule has 0 aromatic heterocycles. The van der Waals surface area contributed by atoms with Gasteiger partial charge in [0, 0.05) is 19.5 Å². The Kier molecular flexibility index (Phi) is 5.37. The lowest BCUT2D eigenvalue weighted by atomic mass is 10.1.